The van der Waals surface area contributed by atoms with E-state index in [0.29, 0.717) is 15.7 Å². The van der Waals surface area contributed by atoms with Crippen molar-refractivity contribution in [1.29, 1.82) is 0 Å². The lowest BCUT2D eigenvalue weighted by molar-refractivity contribution is -0.119. The highest BCUT2D eigenvalue weighted by Gasteiger charge is 2.12. The Hall–Kier alpha value is -2.14. The average molecular weight is 362 g/mol. The fraction of sp³-hybridized carbons (Fsp3) is 0.176. The van der Waals surface area contributed by atoms with Crippen molar-refractivity contribution in [2.75, 3.05) is 11.9 Å². The molecule has 0 saturated carbocycles. The lowest BCUT2D eigenvalue weighted by atomic mass is 10.1. The van der Waals surface area contributed by atoms with Crippen LogP contribution in [0.2, 0.25) is 0 Å². The molecule has 0 unspecified atom stereocenters. The van der Waals surface area contributed by atoms with Crippen LogP contribution >= 0.6 is 15.9 Å². The van der Waals surface area contributed by atoms with E-state index in [1.165, 1.54) is 5.56 Å². The molecule has 0 heterocycles. The molecular weight excluding hydrogens is 346 g/mol. The lowest BCUT2D eigenvalue weighted by Gasteiger charge is -2.08. The summed E-state index contributed by atoms with van der Waals surface area (Å²) in [5.74, 6) is -0.909. The number of aryl methyl sites for hydroxylation is 1. The molecule has 0 aliphatic rings. The van der Waals surface area contributed by atoms with Gasteiger partial charge >= 0.3 is 5.97 Å². The van der Waals surface area contributed by atoms with E-state index in [2.05, 4.69) is 28.2 Å². The molecule has 5 heteroatoms. The smallest absolute Gasteiger partial charge is 0.339 e. The van der Waals surface area contributed by atoms with Gasteiger partial charge in [-0.2, -0.15) is 0 Å². The average Bonchev–Trinajstić information content (AvgIpc) is 2.54. The zero-order valence-corrected chi connectivity index (χ0v) is 13.7. The number of benzene rings is 2. The molecule has 1 amide bonds. The van der Waals surface area contributed by atoms with E-state index < -0.39 is 5.97 Å². The fourth-order valence-electron chi connectivity index (χ4n) is 1.86. The van der Waals surface area contributed by atoms with Crippen LogP contribution in [0, 0.1) is 0 Å². The van der Waals surface area contributed by atoms with Gasteiger partial charge in [-0.05, 0) is 52.2 Å². The first kappa shape index (κ1) is 16.2. The summed E-state index contributed by atoms with van der Waals surface area (Å²) in [5, 5.41) is 2.69. The van der Waals surface area contributed by atoms with Crippen LogP contribution in [0.5, 0.6) is 0 Å². The van der Waals surface area contributed by atoms with E-state index in [4.69, 9.17) is 4.74 Å². The second kappa shape index (κ2) is 7.75. The van der Waals surface area contributed by atoms with E-state index in [1.807, 2.05) is 24.3 Å². The van der Waals surface area contributed by atoms with Crippen molar-refractivity contribution in [2.45, 2.75) is 13.3 Å². The summed E-state index contributed by atoms with van der Waals surface area (Å²) >= 11 is 3.27. The van der Waals surface area contributed by atoms with Crippen molar-refractivity contribution in [3.8, 4) is 0 Å². The molecule has 22 heavy (non-hydrogen) atoms. The Morgan fingerprint density at radius 3 is 2.41 bits per heavy atom. The van der Waals surface area contributed by atoms with Gasteiger partial charge in [0.15, 0.2) is 6.61 Å². The van der Waals surface area contributed by atoms with Gasteiger partial charge in [-0.15, -0.1) is 0 Å². The Morgan fingerprint density at radius 2 is 1.77 bits per heavy atom. The number of rotatable bonds is 5. The third-order valence-corrected chi connectivity index (χ3v) is 3.77. The van der Waals surface area contributed by atoms with E-state index >= 15 is 0 Å². The number of anilines is 1. The molecule has 0 atom stereocenters. The van der Waals surface area contributed by atoms with Crippen molar-refractivity contribution in [3.05, 3.63) is 64.1 Å². The molecule has 0 radical (unpaired) electrons. The largest absolute Gasteiger partial charge is 0.452 e. The number of hydrogen-bond donors (Lipinski definition) is 1. The number of carbonyl (C=O) groups is 2. The Morgan fingerprint density at radius 1 is 1.09 bits per heavy atom. The molecule has 2 aromatic rings. The minimum absolute atomic E-state index is 0.324. The van der Waals surface area contributed by atoms with Gasteiger partial charge in [-0.1, -0.05) is 31.2 Å². The van der Waals surface area contributed by atoms with Gasteiger partial charge in [0.25, 0.3) is 5.91 Å². The first-order chi connectivity index (χ1) is 10.6. The summed E-state index contributed by atoms with van der Waals surface area (Å²) in [6, 6.07) is 14.5. The summed E-state index contributed by atoms with van der Waals surface area (Å²) in [6.45, 7) is 1.74. The summed E-state index contributed by atoms with van der Waals surface area (Å²) < 4.78 is 5.64. The molecule has 0 fully saturated rings. The quantitative estimate of drug-likeness (QED) is 0.823. The Kier molecular flexibility index (Phi) is 5.72. The highest BCUT2D eigenvalue weighted by Crippen LogP contribution is 2.16. The van der Waals surface area contributed by atoms with E-state index in [9.17, 15) is 9.59 Å². The van der Waals surface area contributed by atoms with Crippen LogP contribution < -0.4 is 5.32 Å². The molecule has 0 aromatic heterocycles. The van der Waals surface area contributed by atoms with E-state index in [0.717, 1.165) is 6.42 Å². The molecular formula is C17H16BrNO3. The molecule has 2 rings (SSSR count). The summed E-state index contributed by atoms with van der Waals surface area (Å²) in [5.41, 5.74) is 2.26. The predicted molar refractivity (Wildman–Crippen MR) is 88.9 cm³/mol. The van der Waals surface area contributed by atoms with Crippen molar-refractivity contribution in [2.24, 2.45) is 0 Å². The van der Waals surface area contributed by atoms with Crippen molar-refractivity contribution in [3.63, 3.8) is 0 Å². The standard InChI is InChI=1S/C17H16BrNO3/c1-2-12-7-9-13(10-8-12)19-16(20)11-22-17(21)14-5-3-4-6-15(14)18/h3-10H,2,11H2,1H3,(H,19,20). The third-order valence-electron chi connectivity index (χ3n) is 3.07. The van der Waals surface area contributed by atoms with Crippen molar-refractivity contribution in [1.82, 2.24) is 0 Å². The Balaban J connectivity index is 1.87. The summed E-state index contributed by atoms with van der Waals surface area (Å²) in [4.78, 5) is 23.7. The zero-order valence-electron chi connectivity index (χ0n) is 12.1. The van der Waals surface area contributed by atoms with Crippen LogP contribution in [-0.2, 0) is 16.0 Å². The van der Waals surface area contributed by atoms with Crippen LogP contribution in [0.15, 0.2) is 53.0 Å². The van der Waals surface area contributed by atoms with Crippen LogP contribution in [0.25, 0.3) is 0 Å². The number of halogens is 1. The molecule has 0 aliphatic heterocycles. The second-order valence-corrected chi connectivity index (χ2v) is 5.51. The lowest BCUT2D eigenvalue weighted by Crippen LogP contribution is -2.21. The minimum atomic E-state index is -0.538. The summed E-state index contributed by atoms with van der Waals surface area (Å²) in [7, 11) is 0. The van der Waals surface area contributed by atoms with Gasteiger partial charge in [0.1, 0.15) is 0 Å². The zero-order chi connectivity index (χ0) is 15.9. The second-order valence-electron chi connectivity index (χ2n) is 4.65. The normalized spacial score (nSPS) is 10.1. The number of ether oxygens (including phenoxy) is 1. The number of nitrogens with one attached hydrogen (secondary N) is 1. The maximum atomic E-state index is 11.9. The van der Waals surface area contributed by atoms with Gasteiger partial charge < -0.3 is 10.1 Å². The van der Waals surface area contributed by atoms with E-state index in [1.54, 1.807) is 24.3 Å². The fourth-order valence-corrected chi connectivity index (χ4v) is 2.30. The van der Waals surface area contributed by atoms with Crippen LogP contribution in [-0.4, -0.2) is 18.5 Å². The first-order valence-corrected chi connectivity index (χ1v) is 7.70. The van der Waals surface area contributed by atoms with Gasteiger partial charge in [0, 0.05) is 10.2 Å². The van der Waals surface area contributed by atoms with Crippen LogP contribution in [0.3, 0.4) is 0 Å². The Bertz CT molecular complexity index is 668. The molecule has 1 N–H and O–H groups in total. The molecule has 2 aromatic carbocycles. The van der Waals surface area contributed by atoms with E-state index in [-0.39, 0.29) is 12.5 Å². The Labute approximate surface area is 137 Å². The number of carbonyl (C=O) groups excluding carboxylic acids is 2. The number of esters is 1. The summed E-state index contributed by atoms with van der Waals surface area (Å²) in [6.07, 6.45) is 0.942. The van der Waals surface area contributed by atoms with Gasteiger partial charge in [-0.3, -0.25) is 4.79 Å². The maximum absolute atomic E-state index is 11.9. The SMILES string of the molecule is CCc1ccc(NC(=O)COC(=O)c2ccccc2Br)cc1. The van der Waals surface area contributed by atoms with Gasteiger partial charge in [0.2, 0.25) is 0 Å². The third kappa shape index (κ3) is 4.43. The minimum Gasteiger partial charge on any atom is -0.452 e. The highest BCUT2D eigenvalue weighted by molar-refractivity contribution is 9.10. The van der Waals surface area contributed by atoms with Crippen LogP contribution in [0.4, 0.5) is 5.69 Å². The topological polar surface area (TPSA) is 55.4 Å². The van der Waals surface area contributed by atoms with Crippen molar-refractivity contribution >= 4 is 33.5 Å². The molecule has 4 nitrogen and oxygen atoms in total. The van der Waals surface area contributed by atoms with Crippen LogP contribution in [0.1, 0.15) is 22.8 Å². The molecule has 0 aliphatic carbocycles. The molecule has 0 spiro atoms. The molecule has 0 bridgehead atoms. The monoisotopic (exact) mass is 361 g/mol. The van der Waals surface area contributed by atoms with Crippen molar-refractivity contribution < 1.29 is 14.3 Å². The predicted octanol–water partition coefficient (Wildman–Crippen LogP) is 3.81. The maximum Gasteiger partial charge on any atom is 0.339 e. The highest BCUT2D eigenvalue weighted by atomic mass is 79.9. The molecule has 114 valence electrons. The number of hydrogen-bond acceptors (Lipinski definition) is 3. The molecule has 0 saturated heterocycles. The van der Waals surface area contributed by atoms with Gasteiger partial charge in [-0.25, -0.2) is 4.79 Å². The van der Waals surface area contributed by atoms with Gasteiger partial charge in [0.05, 0.1) is 5.56 Å². The number of amides is 1. The first-order valence-electron chi connectivity index (χ1n) is 6.90.